The molecule has 1 N–H and O–H groups in total. The lowest BCUT2D eigenvalue weighted by Crippen LogP contribution is -2.18. The molecule has 2 aromatic rings. The minimum atomic E-state index is -1.000. The van der Waals surface area contributed by atoms with Crippen molar-refractivity contribution in [1.29, 1.82) is 0 Å². The molecule has 0 aliphatic heterocycles. The van der Waals surface area contributed by atoms with Crippen LogP contribution in [0.2, 0.25) is 0 Å². The molecule has 1 aliphatic rings. The Hall–Kier alpha value is -1.97. The van der Waals surface area contributed by atoms with Gasteiger partial charge >= 0.3 is 5.97 Å². The van der Waals surface area contributed by atoms with Gasteiger partial charge in [-0.3, -0.25) is 4.98 Å². The molecular formula is C16H16FNO2. The standard InChI is InChI=1S/C16H16FNO2/c1-8-3-4-9(2)15-13(8)14(16(19)20)11-7-10(17)5-6-12(11)18-15/h5-9H,3-4H2,1-2H3,(H,19,20). The molecule has 20 heavy (non-hydrogen) atoms. The van der Waals surface area contributed by atoms with Crippen molar-refractivity contribution >= 4 is 16.9 Å². The molecule has 0 saturated heterocycles. The fourth-order valence-electron chi connectivity index (χ4n) is 3.16. The van der Waals surface area contributed by atoms with E-state index in [1.54, 1.807) is 6.07 Å². The Labute approximate surface area is 116 Å². The summed E-state index contributed by atoms with van der Waals surface area (Å²) in [5.41, 5.74) is 2.43. The fourth-order valence-corrected chi connectivity index (χ4v) is 3.16. The number of benzene rings is 1. The molecule has 1 aliphatic carbocycles. The summed E-state index contributed by atoms with van der Waals surface area (Å²) < 4.78 is 13.5. The van der Waals surface area contributed by atoms with E-state index >= 15 is 0 Å². The van der Waals surface area contributed by atoms with E-state index in [0.717, 1.165) is 24.1 Å². The molecular weight excluding hydrogens is 257 g/mol. The van der Waals surface area contributed by atoms with Gasteiger partial charge in [0.2, 0.25) is 0 Å². The molecule has 2 unspecified atom stereocenters. The van der Waals surface area contributed by atoms with Crippen LogP contribution in [0.15, 0.2) is 18.2 Å². The molecule has 0 saturated carbocycles. The monoisotopic (exact) mass is 273 g/mol. The highest BCUT2D eigenvalue weighted by atomic mass is 19.1. The second-order valence-corrected chi connectivity index (χ2v) is 5.63. The van der Waals surface area contributed by atoms with E-state index in [1.165, 1.54) is 12.1 Å². The lowest BCUT2D eigenvalue weighted by Gasteiger charge is -2.28. The predicted molar refractivity (Wildman–Crippen MR) is 74.7 cm³/mol. The third kappa shape index (κ3) is 1.87. The molecule has 0 radical (unpaired) electrons. The van der Waals surface area contributed by atoms with Gasteiger partial charge in [-0.1, -0.05) is 13.8 Å². The summed E-state index contributed by atoms with van der Waals surface area (Å²) in [6, 6.07) is 4.16. The number of nitrogens with zero attached hydrogens (tertiary/aromatic N) is 1. The highest BCUT2D eigenvalue weighted by Crippen LogP contribution is 2.41. The number of hydrogen-bond acceptors (Lipinski definition) is 2. The van der Waals surface area contributed by atoms with Gasteiger partial charge in [0.15, 0.2) is 0 Å². The summed E-state index contributed by atoms with van der Waals surface area (Å²) in [6.45, 7) is 4.09. The first-order valence-electron chi connectivity index (χ1n) is 6.85. The van der Waals surface area contributed by atoms with Gasteiger partial charge in [-0.05, 0) is 48.4 Å². The van der Waals surface area contributed by atoms with Gasteiger partial charge in [0.1, 0.15) is 5.82 Å². The maximum atomic E-state index is 13.5. The van der Waals surface area contributed by atoms with Crippen LogP contribution in [-0.4, -0.2) is 16.1 Å². The van der Waals surface area contributed by atoms with Gasteiger partial charge in [0, 0.05) is 11.1 Å². The van der Waals surface area contributed by atoms with E-state index in [0.29, 0.717) is 10.9 Å². The largest absolute Gasteiger partial charge is 0.478 e. The minimum absolute atomic E-state index is 0.146. The van der Waals surface area contributed by atoms with Crippen LogP contribution in [0.4, 0.5) is 4.39 Å². The zero-order valence-corrected chi connectivity index (χ0v) is 11.5. The molecule has 0 amide bonds. The normalized spacial score (nSPS) is 21.8. The van der Waals surface area contributed by atoms with Crippen molar-refractivity contribution in [2.24, 2.45) is 0 Å². The zero-order valence-electron chi connectivity index (χ0n) is 11.5. The molecule has 0 bridgehead atoms. The van der Waals surface area contributed by atoms with Crippen molar-refractivity contribution in [3.8, 4) is 0 Å². The lowest BCUT2D eigenvalue weighted by molar-refractivity contribution is 0.0696. The maximum Gasteiger partial charge on any atom is 0.336 e. The number of carbonyl (C=O) groups is 1. The Kier molecular flexibility index (Phi) is 2.96. The number of carboxylic acid groups (broad SMARTS) is 1. The van der Waals surface area contributed by atoms with E-state index in [9.17, 15) is 14.3 Å². The van der Waals surface area contributed by atoms with E-state index in [4.69, 9.17) is 0 Å². The van der Waals surface area contributed by atoms with Gasteiger partial charge in [0.25, 0.3) is 0 Å². The third-order valence-electron chi connectivity index (χ3n) is 4.22. The molecule has 2 atom stereocenters. The summed E-state index contributed by atoms with van der Waals surface area (Å²) in [5.74, 6) is -1.04. The molecule has 4 heteroatoms. The van der Waals surface area contributed by atoms with Crippen LogP contribution in [0, 0.1) is 5.82 Å². The van der Waals surface area contributed by atoms with Crippen LogP contribution in [0.5, 0.6) is 0 Å². The van der Waals surface area contributed by atoms with Gasteiger partial charge in [-0.15, -0.1) is 0 Å². The lowest BCUT2D eigenvalue weighted by atomic mass is 9.78. The van der Waals surface area contributed by atoms with E-state index in [2.05, 4.69) is 11.9 Å². The summed E-state index contributed by atoms with van der Waals surface area (Å²) in [4.78, 5) is 16.3. The van der Waals surface area contributed by atoms with Crippen LogP contribution in [0.3, 0.4) is 0 Å². The number of rotatable bonds is 1. The molecule has 0 spiro atoms. The fraction of sp³-hybridized carbons (Fsp3) is 0.375. The molecule has 104 valence electrons. The Morgan fingerprint density at radius 3 is 2.70 bits per heavy atom. The number of carboxylic acids is 1. The Bertz CT molecular complexity index is 711. The zero-order chi connectivity index (χ0) is 14.4. The Morgan fingerprint density at radius 1 is 1.30 bits per heavy atom. The van der Waals surface area contributed by atoms with Crippen LogP contribution in [0.25, 0.3) is 10.9 Å². The highest BCUT2D eigenvalue weighted by molar-refractivity contribution is 6.04. The summed E-state index contributed by atoms with van der Waals surface area (Å²) in [7, 11) is 0. The van der Waals surface area contributed by atoms with E-state index < -0.39 is 11.8 Å². The minimum Gasteiger partial charge on any atom is -0.478 e. The van der Waals surface area contributed by atoms with Crippen LogP contribution >= 0.6 is 0 Å². The number of aromatic carboxylic acids is 1. The van der Waals surface area contributed by atoms with Gasteiger partial charge in [0.05, 0.1) is 11.1 Å². The van der Waals surface area contributed by atoms with Crippen molar-refractivity contribution in [1.82, 2.24) is 4.98 Å². The predicted octanol–water partition coefficient (Wildman–Crippen LogP) is 4.07. The first-order valence-corrected chi connectivity index (χ1v) is 6.85. The van der Waals surface area contributed by atoms with Gasteiger partial charge in [-0.2, -0.15) is 0 Å². The Balaban J connectivity index is 2.45. The van der Waals surface area contributed by atoms with Gasteiger partial charge < -0.3 is 5.11 Å². The molecule has 3 rings (SSSR count). The van der Waals surface area contributed by atoms with Crippen molar-refractivity contribution in [2.75, 3.05) is 0 Å². The second-order valence-electron chi connectivity index (χ2n) is 5.63. The summed E-state index contributed by atoms with van der Waals surface area (Å²) >= 11 is 0. The van der Waals surface area contributed by atoms with Crippen LogP contribution in [-0.2, 0) is 0 Å². The quantitative estimate of drug-likeness (QED) is 0.852. The number of aromatic nitrogens is 1. The Morgan fingerprint density at radius 2 is 2.00 bits per heavy atom. The van der Waals surface area contributed by atoms with Crippen LogP contribution < -0.4 is 0 Å². The van der Waals surface area contributed by atoms with Crippen LogP contribution in [0.1, 0.15) is 60.1 Å². The summed E-state index contributed by atoms with van der Waals surface area (Å²) in [5, 5.41) is 9.98. The number of halogens is 1. The topological polar surface area (TPSA) is 50.2 Å². The van der Waals surface area contributed by atoms with Crippen molar-refractivity contribution in [3.63, 3.8) is 0 Å². The third-order valence-corrected chi connectivity index (χ3v) is 4.22. The molecule has 0 fully saturated rings. The molecule has 1 aromatic heterocycles. The number of hydrogen-bond donors (Lipinski definition) is 1. The molecule has 3 nitrogen and oxygen atoms in total. The van der Waals surface area contributed by atoms with Crippen molar-refractivity contribution in [2.45, 2.75) is 38.5 Å². The van der Waals surface area contributed by atoms with Crippen molar-refractivity contribution in [3.05, 3.63) is 40.8 Å². The van der Waals surface area contributed by atoms with Crippen molar-refractivity contribution < 1.29 is 14.3 Å². The van der Waals surface area contributed by atoms with E-state index in [-0.39, 0.29) is 17.4 Å². The number of fused-ring (bicyclic) bond motifs is 2. The average molecular weight is 273 g/mol. The molecule has 1 heterocycles. The number of pyridine rings is 1. The first-order chi connectivity index (χ1) is 9.49. The maximum absolute atomic E-state index is 13.5. The van der Waals surface area contributed by atoms with E-state index in [1.807, 2.05) is 6.92 Å². The smallest absolute Gasteiger partial charge is 0.336 e. The highest BCUT2D eigenvalue weighted by Gasteiger charge is 2.30. The molecule has 1 aromatic carbocycles. The SMILES string of the molecule is CC1CCC(C)c2c1nc1ccc(F)cc1c2C(=O)O. The second kappa shape index (κ2) is 4.54. The van der Waals surface area contributed by atoms with Gasteiger partial charge in [-0.25, -0.2) is 9.18 Å². The summed E-state index contributed by atoms with van der Waals surface area (Å²) in [6.07, 6.45) is 1.95. The average Bonchev–Trinajstić information content (AvgIpc) is 2.40. The first kappa shape index (κ1) is 13.0.